The smallest absolute Gasteiger partial charge is 0.344 e. The third-order valence-corrected chi connectivity index (χ3v) is 4.23. The van der Waals surface area contributed by atoms with Crippen molar-refractivity contribution >= 4 is 59.7 Å². The standard InChI is InChI=1S/C14H6Br3FO4/c15-6-4-8(16)12(9(17)5-6)22-14(21)7-2-1-3-10(18)11(7)13(19)20/h1-5H,(H,19,20)/p-1. The third kappa shape index (κ3) is 3.56. The molecule has 22 heavy (non-hydrogen) atoms. The van der Waals surface area contributed by atoms with Crippen molar-refractivity contribution in [3.8, 4) is 5.75 Å². The highest BCUT2D eigenvalue weighted by molar-refractivity contribution is 9.11. The summed E-state index contributed by atoms with van der Waals surface area (Å²) < 4.78 is 20.3. The van der Waals surface area contributed by atoms with Gasteiger partial charge < -0.3 is 14.6 Å². The SMILES string of the molecule is O=C(Oc1c(Br)cc(Br)cc1Br)c1cccc(F)c1C(=O)[O-]. The molecule has 0 amide bonds. The first-order chi connectivity index (χ1) is 10.3. The third-order valence-electron chi connectivity index (χ3n) is 2.60. The zero-order valence-corrected chi connectivity index (χ0v) is 15.3. The molecule has 2 aromatic rings. The summed E-state index contributed by atoms with van der Waals surface area (Å²) in [5.74, 6) is -3.73. The molecule has 0 heterocycles. The number of carbonyl (C=O) groups excluding carboxylic acids is 2. The monoisotopic (exact) mass is 493 g/mol. The minimum absolute atomic E-state index is 0.141. The number of esters is 1. The molecule has 0 spiro atoms. The van der Waals surface area contributed by atoms with Crippen LogP contribution >= 0.6 is 47.8 Å². The molecule has 0 radical (unpaired) electrons. The van der Waals surface area contributed by atoms with Gasteiger partial charge in [0.1, 0.15) is 5.82 Å². The Labute approximate surface area is 149 Å². The summed E-state index contributed by atoms with van der Waals surface area (Å²) in [5.41, 5.74) is -1.27. The Morgan fingerprint density at radius 1 is 1.09 bits per heavy atom. The van der Waals surface area contributed by atoms with Gasteiger partial charge in [-0.2, -0.15) is 0 Å². The highest BCUT2D eigenvalue weighted by atomic mass is 79.9. The van der Waals surface area contributed by atoms with Gasteiger partial charge in [0.15, 0.2) is 5.75 Å². The quantitative estimate of drug-likeness (QED) is 0.481. The van der Waals surface area contributed by atoms with E-state index in [2.05, 4.69) is 47.8 Å². The van der Waals surface area contributed by atoms with Gasteiger partial charge in [0.2, 0.25) is 0 Å². The molecule has 0 aromatic heterocycles. The molecule has 0 aliphatic rings. The Morgan fingerprint density at radius 3 is 2.23 bits per heavy atom. The van der Waals surface area contributed by atoms with Gasteiger partial charge in [0.25, 0.3) is 0 Å². The molecule has 2 aromatic carbocycles. The summed E-state index contributed by atoms with van der Waals surface area (Å²) in [7, 11) is 0. The van der Waals surface area contributed by atoms with Crippen LogP contribution in [0.3, 0.4) is 0 Å². The number of rotatable bonds is 3. The highest BCUT2D eigenvalue weighted by Crippen LogP contribution is 2.37. The number of carbonyl (C=O) groups is 2. The van der Waals surface area contributed by atoms with Crippen LogP contribution in [-0.4, -0.2) is 11.9 Å². The van der Waals surface area contributed by atoms with Gasteiger partial charge >= 0.3 is 5.97 Å². The van der Waals surface area contributed by atoms with E-state index in [4.69, 9.17) is 4.74 Å². The molecule has 0 aliphatic heterocycles. The lowest BCUT2D eigenvalue weighted by Gasteiger charge is -2.13. The molecule has 0 N–H and O–H groups in total. The molecule has 2 rings (SSSR count). The lowest BCUT2D eigenvalue weighted by molar-refractivity contribution is -0.255. The number of hydrogen-bond donors (Lipinski definition) is 0. The van der Waals surface area contributed by atoms with Gasteiger partial charge in [-0.05, 0) is 56.1 Å². The Morgan fingerprint density at radius 2 is 1.68 bits per heavy atom. The predicted molar refractivity (Wildman–Crippen MR) is 85.2 cm³/mol. The summed E-state index contributed by atoms with van der Waals surface area (Å²) in [6.07, 6.45) is 0. The van der Waals surface area contributed by atoms with Crippen LogP contribution in [0.4, 0.5) is 4.39 Å². The van der Waals surface area contributed by atoms with E-state index in [1.807, 2.05) is 0 Å². The Balaban J connectivity index is 2.43. The van der Waals surface area contributed by atoms with Gasteiger partial charge in [-0.15, -0.1) is 0 Å². The first-order valence-corrected chi connectivity index (χ1v) is 8.05. The average Bonchev–Trinajstić information content (AvgIpc) is 2.41. The number of benzene rings is 2. The van der Waals surface area contributed by atoms with E-state index in [9.17, 15) is 19.1 Å². The maximum Gasteiger partial charge on any atom is 0.344 e. The van der Waals surface area contributed by atoms with Crippen LogP contribution in [0.1, 0.15) is 20.7 Å². The molecular weight excluding hydrogens is 491 g/mol. The van der Waals surface area contributed by atoms with Crippen molar-refractivity contribution in [1.29, 1.82) is 0 Å². The van der Waals surface area contributed by atoms with Crippen LogP contribution in [0.5, 0.6) is 5.75 Å². The molecule has 0 aliphatic carbocycles. The van der Waals surface area contributed by atoms with E-state index in [1.165, 1.54) is 6.07 Å². The summed E-state index contributed by atoms with van der Waals surface area (Å²) >= 11 is 9.70. The summed E-state index contributed by atoms with van der Waals surface area (Å²) in [6, 6.07) is 6.56. The van der Waals surface area contributed by atoms with Crippen LogP contribution in [-0.2, 0) is 0 Å². The molecule has 0 saturated heterocycles. The molecule has 0 bridgehead atoms. The Hall–Kier alpha value is -1.25. The zero-order chi connectivity index (χ0) is 16.4. The first-order valence-electron chi connectivity index (χ1n) is 5.68. The molecular formula is C14H5Br3FO4-. The molecule has 0 unspecified atom stereocenters. The molecule has 0 saturated carbocycles. The van der Waals surface area contributed by atoms with Gasteiger partial charge in [-0.3, -0.25) is 0 Å². The molecule has 0 atom stereocenters. The van der Waals surface area contributed by atoms with Crippen LogP contribution in [0.25, 0.3) is 0 Å². The first kappa shape index (κ1) is 17.1. The predicted octanol–water partition coefficient (Wildman–Crippen LogP) is 3.70. The Kier molecular flexibility index (Phi) is 5.36. The number of hydrogen-bond acceptors (Lipinski definition) is 4. The minimum atomic E-state index is -1.79. The largest absolute Gasteiger partial charge is 0.545 e. The van der Waals surface area contributed by atoms with Gasteiger partial charge in [-0.25, -0.2) is 9.18 Å². The maximum absolute atomic E-state index is 13.6. The van der Waals surface area contributed by atoms with Crippen molar-refractivity contribution in [2.24, 2.45) is 0 Å². The van der Waals surface area contributed by atoms with Gasteiger partial charge in [0, 0.05) is 10.0 Å². The van der Waals surface area contributed by atoms with Crippen molar-refractivity contribution in [3.63, 3.8) is 0 Å². The van der Waals surface area contributed by atoms with Crippen molar-refractivity contribution in [2.75, 3.05) is 0 Å². The van der Waals surface area contributed by atoms with Crippen LogP contribution in [0.2, 0.25) is 0 Å². The van der Waals surface area contributed by atoms with Crippen molar-refractivity contribution in [3.05, 3.63) is 60.7 Å². The number of aromatic carboxylic acids is 1. The molecule has 0 fully saturated rings. The lowest BCUT2D eigenvalue weighted by atomic mass is 10.1. The van der Waals surface area contributed by atoms with Gasteiger partial charge in [-0.1, -0.05) is 22.0 Å². The summed E-state index contributed by atoms with van der Waals surface area (Å²) in [5, 5.41) is 11.0. The number of ether oxygens (including phenoxy) is 1. The Bertz CT molecular complexity index is 754. The topological polar surface area (TPSA) is 66.4 Å². The zero-order valence-electron chi connectivity index (χ0n) is 10.5. The second kappa shape index (κ2) is 6.89. The molecule has 114 valence electrons. The van der Waals surface area contributed by atoms with E-state index in [0.29, 0.717) is 8.95 Å². The van der Waals surface area contributed by atoms with E-state index in [1.54, 1.807) is 12.1 Å². The number of carboxylic acid groups (broad SMARTS) is 1. The maximum atomic E-state index is 13.6. The van der Waals surface area contributed by atoms with E-state index >= 15 is 0 Å². The number of carboxylic acids is 1. The van der Waals surface area contributed by atoms with Crippen molar-refractivity contribution in [2.45, 2.75) is 0 Å². The average molecular weight is 496 g/mol. The van der Waals surface area contributed by atoms with Crippen molar-refractivity contribution in [1.82, 2.24) is 0 Å². The summed E-state index contributed by atoms with van der Waals surface area (Å²) in [6.45, 7) is 0. The lowest BCUT2D eigenvalue weighted by Crippen LogP contribution is -2.27. The number of halogens is 4. The van der Waals surface area contributed by atoms with Crippen LogP contribution in [0.15, 0.2) is 43.7 Å². The second-order valence-electron chi connectivity index (χ2n) is 4.04. The second-order valence-corrected chi connectivity index (χ2v) is 6.66. The van der Waals surface area contributed by atoms with E-state index in [-0.39, 0.29) is 5.75 Å². The fraction of sp³-hybridized carbons (Fsp3) is 0. The normalized spacial score (nSPS) is 10.4. The van der Waals surface area contributed by atoms with Crippen LogP contribution < -0.4 is 9.84 Å². The van der Waals surface area contributed by atoms with E-state index < -0.39 is 28.9 Å². The van der Waals surface area contributed by atoms with E-state index in [0.717, 1.165) is 16.6 Å². The highest BCUT2D eigenvalue weighted by Gasteiger charge is 2.20. The fourth-order valence-electron chi connectivity index (χ4n) is 1.68. The van der Waals surface area contributed by atoms with Crippen molar-refractivity contribution < 1.29 is 23.8 Å². The molecule has 4 nitrogen and oxygen atoms in total. The molecule has 8 heteroatoms. The summed E-state index contributed by atoms with van der Waals surface area (Å²) in [4.78, 5) is 23.1. The fourth-order valence-corrected chi connectivity index (χ4v) is 4.10. The minimum Gasteiger partial charge on any atom is -0.545 e. The van der Waals surface area contributed by atoms with Crippen LogP contribution in [0, 0.1) is 5.82 Å². The van der Waals surface area contributed by atoms with Gasteiger partial charge in [0.05, 0.1) is 20.5 Å².